The first-order valence-corrected chi connectivity index (χ1v) is 8.55. The van der Waals surface area contributed by atoms with E-state index < -0.39 is 6.80 Å². The van der Waals surface area contributed by atoms with Gasteiger partial charge in [-0.1, -0.05) is 35.4 Å². The van der Waals surface area contributed by atoms with Gasteiger partial charge in [0.15, 0.2) is 0 Å². The fraction of sp³-hybridized carbons (Fsp3) is 0.143. The summed E-state index contributed by atoms with van der Waals surface area (Å²) in [5.41, 5.74) is 3.73. The molecule has 2 aromatic rings. The van der Waals surface area contributed by atoms with Crippen LogP contribution in [0.2, 0.25) is 0 Å². The van der Waals surface area contributed by atoms with Gasteiger partial charge in [-0.15, -0.1) is 0 Å². The Morgan fingerprint density at radius 1 is 0.789 bits per heavy atom. The Morgan fingerprint density at radius 3 is 1.42 bits per heavy atom. The molecule has 0 heterocycles. The summed E-state index contributed by atoms with van der Waals surface area (Å²) >= 11 is 6.02. The maximum absolute atomic E-state index is 12.3. The van der Waals surface area contributed by atoms with Crippen LogP contribution in [0.3, 0.4) is 0 Å². The molecule has 0 spiro atoms. The molecule has 3 nitrogen and oxygen atoms in total. The van der Waals surface area contributed by atoms with E-state index in [1.165, 1.54) is 0 Å². The van der Waals surface area contributed by atoms with Crippen LogP contribution in [-0.2, 0) is 4.57 Å². The van der Waals surface area contributed by atoms with Crippen molar-refractivity contribution < 1.29 is 4.57 Å². The topological polar surface area (TPSA) is 41.1 Å². The second-order valence-corrected chi connectivity index (χ2v) is 7.43. The predicted octanol–water partition coefficient (Wildman–Crippen LogP) is 5.17. The first-order valence-electron chi connectivity index (χ1n) is 5.94. The lowest BCUT2D eigenvalue weighted by Crippen LogP contribution is -2.01. The quantitative estimate of drug-likeness (QED) is 0.764. The van der Waals surface area contributed by atoms with Crippen LogP contribution in [0.5, 0.6) is 0 Å². The molecular formula is C14H16ClN2OP. The number of rotatable bonds is 4. The third-order valence-corrected chi connectivity index (χ3v) is 4.25. The zero-order chi connectivity index (χ0) is 13.9. The molecule has 0 bridgehead atoms. The highest BCUT2D eigenvalue weighted by molar-refractivity contribution is 7.91. The molecule has 0 unspecified atom stereocenters. The van der Waals surface area contributed by atoms with Gasteiger partial charge in [0.05, 0.1) is 0 Å². The zero-order valence-corrected chi connectivity index (χ0v) is 12.5. The van der Waals surface area contributed by atoms with E-state index >= 15 is 0 Å². The van der Waals surface area contributed by atoms with Crippen LogP contribution >= 0.6 is 18.0 Å². The predicted molar refractivity (Wildman–Crippen MR) is 83.1 cm³/mol. The Balaban J connectivity index is 2.08. The average Bonchev–Trinajstić information content (AvgIpc) is 2.34. The molecule has 0 fully saturated rings. The maximum Gasteiger partial charge on any atom is 0.347 e. The molecule has 19 heavy (non-hydrogen) atoms. The lowest BCUT2D eigenvalue weighted by Gasteiger charge is -2.16. The molecule has 0 aliphatic heterocycles. The largest absolute Gasteiger partial charge is 0.347 e. The number of halogens is 1. The number of anilines is 2. The molecular weight excluding hydrogens is 279 g/mol. The fourth-order valence-corrected chi connectivity index (χ4v) is 3.22. The minimum atomic E-state index is -3.19. The van der Waals surface area contributed by atoms with Crippen molar-refractivity contribution in [1.82, 2.24) is 0 Å². The van der Waals surface area contributed by atoms with Crippen molar-refractivity contribution >= 4 is 29.4 Å². The van der Waals surface area contributed by atoms with Gasteiger partial charge in [0.25, 0.3) is 0 Å². The van der Waals surface area contributed by atoms with E-state index in [-0.39, 0.29) is 0 Å². The van der Waals surface area contributed by atoms with Crippen LogP contribution in [0, 0.1) is 13.8 Å². The van der Waals surface area contributed by atoms with Crippen molar-refractivity contribution in [3.8, 4) is 0 Å². The summed E-state index contributed by atoms with van der Waals surface area (Å²) in [5, 5.41) is 5.64. The SMILES string of the molecule is Cc1ccc(NP(=O)(Cl)Nc2ccc(C)cc2)cc1. The Bertz CT molecular complexity index is 544. The van der Waals surface area contributed by atoms with Crippen LogP contribution in [-0.4, -0.2) is 0 Å². The van der Waals surface area contributed by atoms with E-state index in [1.54, 1.807) is 0 Å². The van der Waals surface area contributed by atoms with Gasteiger partial charge < -0.3 is 10.2 Å². The third kappa shape index (κ3) is 4.30. The van der Waals surface area contributed by atoms with E-state index in [1.807, 2.05) is 62.4 Å². The third-order valence-electron chi connectivity index (χ3n) is 2.65. The Hall–Kier alpha value is -1.44. The fourth-order valence-electron chi connectivity index (χ4n) is 1.62. The van der Waals surface area contributed by atoms with Crippen molar-refractivity contribution in [2.24, 2.45) is 0 Å². The summed E-state index contributed by atoms with van der Waals surface area (Å²) in [5.74, 6) is 0. The number of nitrogens with one attached hydrogen (secondary N) is 2. The van der Waals surface area contributed by atoms with Crippen LogP contribution in [0.4, 0.5) is 11.4 Å². The number of aryl methyl sites for hydroxylation is 2. The van der Waals surface area contributed by atoms with Crippen molar-refractivity contribution in [2.45, 2.75) is 13.8 Å². The van der Waals surface area contributed by atoms with Crippen LogP contribution < -0.4 is 10.2 Å². The summed E-state index contributed by atoms with van der Waals surface area (Å²) in [4.78, 5) is 0. The van der Waals surface area contributed by atoms with Crippen molar-refractivity contribution in [2.75, 3.05) is 10.2 Å². The lowest BCUT2D eigenvalue weighted by atomic mass is 10.2. The maximum atomic E-state index is 12.3. The molecule has 0 saturated carbocycles. The molecule has 2 rings (SSSR count). The second-order valence-electron chi connectivity index (χ2n) is 4.49. The van der Waals surface area contributed by atoms with Gasteiger partial charge in [0, 0.05) is 11.4 Å². The van der Waals surface area contributed by atoms with E-state index in [0.29, 0.717) is 0 Å². The molecule has 0 radical (unpaired) electrons. The Morgan fingerprint density at radius 2 is 1.11 bits per heavy atom. The van der Waals surface area contributed by atoms with Crippen LogP contribution in [0.15, 0.2) is 48.5 Å². The number of hydrogen-bond acceptors (Lipinski definition) is 1. The minimum absolute atomic E-state index is 0.726. The first kappa shape index (κ1) is 14.0. The van der Waals surface area contributed by atoms with Gasteiger partial charge in [-0.3, -0.25) is 4.57 Å². The van der Waals surface area contributed by atoms with E-state index in [0.717, 1.165) is 22.5 Å². The van der Waals surface area contributed by atoms with E-state index in [2.05, 4.69) is 10.2 Å². The van der Waals surface area contributed by atoms with E-state index in [4.69, 9.17) is 11.2 Å². The summed E-state index contributed by atoms with van der Waals surface area (Å²) in [6, 6.07) is 15.1. The molecule has 0 aliphatic rings. The van der Waals surface area contributed by atoms with Gasteiger partial charge >= 0.3 is 6.80 Å². The highest BCUT2D eigenvalue weighted by atomic mass is 35.7. The summed E-state index contributed by atoms with van der Waals surface area (Å²) in [7, 11) is 0. The molecule has 100 valence electrons. The number of hydrogen-bond donors (Lipinski definition) is 2. The monoisotopic (exact) mass is 294 g/mol. The molecule has 0 aliphatic carbocycles. The Kier molecular flexibility index (Phi) is 4.18. The van der Waals surface area contributed by atoms with Gasteiger partial charge in [-0.2, -0.15) is 0 Å². The van der Waals surface area contributed by atoms with Gasteiger partial charge in [-0.05, 0) is 49.4 Å². The molecule has 0 atom stereocenters. The summed E-state index contributed by atoms with van der Waals surface area (Å²) in [6.45, 7) is 0.795. The van der Waals surface area contributed by atoms with Gasteiger partial charge in [0.1, 0.15) is 0 Å². The van der Waals surface area contributed by atoms with Gasteiger partial charge in [-0.25, -0.2) is 0 Å². The summed E-state index contributed by atoms with van der Waals surface area (Å²) < 4.78 is 12.3. The standard InChI is InChI=1S/C14H16ClN2OP/c1-11-3-7-13(8-4-11)16-19(15,18)17-14-9-5-12(2)6-10-14/h3-10H,1-2H3,(H2,16,17,18). The van der Waals surface area contributed by atoms with Crippen LogP contribution in [0.1, 0.15) is 11.1 Å². The zero-order valence-electron chi connectivity index (χ0n) is 10.9. The molecule has 5 heteroatoms. The highest BCUT2D eigenvalue weighted by Gasteiger charge is 2.17. The lowest BCUT2D eigenvalue weighted by molar-refractivity contribution is 0.590. The van der Waals surface area contributed by atoms with E-state index in [9.17, 15) is 4.57 Å². The van der Waals surface area contributed by atoms with Crippen LogP contribution in [0.25, 0.3) is 0 Å². The Labute approximate surface area is 118 Å². The average molecular weight is 295 g/mol. The molecule has 0 amide bonds. The van der Waals surface area contributed by atoms with Crippen molar-refractivity contribution in [1.29, 1.82) is 0 Å². The summed E-state index contributed by atoms with van der Waals surface area (Å²) in [6.07, 6.45) is 0. The van der Waals surface area contributed by atoms with Crippen molar-refractivity contribution in [3.05, 3.63) is 59.7 Å². The molecule has 2 aromatic carbocycles. The number of benzene rings is 2. The molecule has 0 saturated heterocycles. The first-order chi connectivity index (χ1) is 8.94. The molecule has 0 aromatic heterocycles. The molecule has 2 N–H and O–H groups in total. The minimum Gasteiger partial charge on any atom is -0.308 e. The van der Waals surface area contributed by atoms with Gasteiger partial charge in [0.2, 0.25) is 0 Å². The second kappa shape index (κ2) is 5.68. The highest BCUT2D eigenvalue weighted by Crippen LogP contribution is 2.50. The normalized spacial score (nSPS) is 11.1. The smallest absolute Gasteiger partial charge is 0.308 e. The van der Waals surface area contributed by atoms with Crippen molar-refractivity contribution in [3.63, 3.8) is 0 Å².